The fraction of sp³-hybridized carbons (Fsp3) is 0. The minimum absolute atomic E-state index is 0. The summed E-state index contributed by atoms with van der Waals surface area (Å²) in [5.74, 6) is -1.07. The summed E-state index contributed by atoms with van der Waals surface area (Å²) < 4.78 is 33.2. The first-order chi connectivity index (χ1) is 11.8. The molecule has 0 radical (unpaired) electrons. The molecule has 0 saturated carbocycles. The molecular formula is C17H11ClKNO5S. The number of amides is 1. The predicted molar refractivity (Wildman–Crippen MR) is 93.0 cm³/mol. The second kappa shape index (κ2) is 8.36. The first-order valence-corrected chi connectivity index (χ1v) is 8.83. The standard InChI is InChI=1S/C17H12ClNO5S.K/c18-15-13-7-2-1-4-10(13)8-14(16(15)20)17(21)19-11-5-3-6-12(9-11)25(22,23)24;/h1-9,20H,(H,19,21)(H,22,23,24);/q;+1/p-1. The van der Waals surface area contributed by atoms with Crippen molar-refractivity contribution in [2.75, 3.05) is 5.32 Å². The summed E-state index contributed by atoms with van der Waals surface area (Å²) >= 11 is 6.11. The van der Waals surface area contributed by atoms with E-state index in [1.54, 1.807) is 24.3 Å². The number of rotatable bonds is 3. The van der Waals surface area contributed by atoms with Crippen LogP contribution in [0.2, 0.25) is 5.02 Å². The van der Waals surface area contributed by atoms with Gasteiger partial charge in [-0.3, -0.25) is 4.79 Å². The van der Waals surface area contributed by atoms with Crippen LogP contribution in [-0.4, -0.2) is 24.0 Å². The molecule has 3 rings (SSSR count). The zero-order valence-electron chi connectivity index (χ0n) is 13.6. The number of phenolic OH excluding ortho intramolecular Hbond substituents is 1. The second-order valence-corrected chi connectivity index (χ2v) is 7.00. The molecule has 0 aliphatic heterocycles. The van der Waals surface area contributed by atoms with Crippen molar-refractivity contribution < 1.29 is 74.3 Å². The zero-order valence-corrected chi connectivity index (χ0v) is 18.3. The first-order valence-electron chi connectivity index (χ1n) is 7.05. The monoisotopic (exact) mass is 415 g/mol. The Morgan fingerprint density at radius 3 is 2.46 bits per heavy atom. The van der Waals surface area contributed by atoms with Gasteiger partial charge in [0, 0.05) is 11.1 Å². The summed E-state index contributed by atoms with van der Waals surface area (Å²) in [4.78, 5) is 12.0. The fourth-order valence-corrected chi connectivity index (χ4v) is 3.18. The van der Waals surface area contributed by atoms with Crippen molar-refractivity contribution in [1.82, 2.24) is 0 Å². The number of halogens is 1. The van der Waals surface area contributed by atoms with Gasteiger partial charge in [-0.2, -0.15) is 0 Å². The molecule has 0 aliphatic rings. The Labute approximate surface area is 197 Å². The Morgan fingerprint density at radius 1 is 1.08 bits per heavy atom. The Kier molecular flexibility index (Phi) is 6.86. The Hall–Kier alpha value is -0.974. The summed E-state index contributed by atoms with van der Waals surface area (Å²) in [6.45, 7) is 0. The van der Waals surface area contributed by atoms with Crippen LogP contribution in [0.1, 0.15) is 10.4 Å². The molecule has 0 aliphatic carbocycles. The maximum atomic E-state index is 12.4. The van der Waals surface area contributed by atoms with E-state index in [0.29, 0.717) is 10.8 Å². The van der Waals surface area contributed by atoms with Crippen LogP contribution in [0.5, 0.6) is 5.75 Å². The van der Waals surface area contributed by atoms with Crippen LogP contribution >= 0.6 is 11.6 Å². The molecule has 26 heavy (non-hydrogen) atoms. The number of carbonyl (C=O) groups excluding carboxylic acids is 1. The van der Waals surface area contributed by atoms with Crippen LogP contribution < -0.4 is 56.7 Å². The minimum atomic E-state index is -4.64. The molecule has 0 saturated heterocycles. The van der Waals surface area contributed by atoms with Crippen molar-refractivity contribution in [3.63, 3.8) is 0 Å². The number of hydrogen-bond donors (Lipinski definition) is 2. The molecular weight excluding hydrogens is 405 g/mol. The van der Waals surface area contributed by atoms with E-state index in [4.69, 9.17) is 11.6 Å². The van der Waals surface area contributed by atoms with E-state index in [1.165, 1.54) is 18.2 Å². The van der Waals surface area contributed by atoms with Gasteiger partial charge in [-0.25, -0.2) is 8.42 Å². The van der Waals surface area contributed by atoms with Gasteiger partial charge in [-0.15, -0.1) is 0 Å². The molecule has 2 N–H and O–H groups in total. The third-order valence-electron chi connectivity index (χ3n) is 3.59. The number of phenols is 1. The summed E-state index contributed by atoms with van der Waals surface area (Å²) in [7, 11) is -4.64. The summed E-state index contributed by atoms with van der Waals surface area (Å²) in [5.41, 5.74) is 0.0321. The zero-order chi connectivity index (χ0) is 18.2. The van der Waals surface area contributed by atoms with Gasteiger partial charge >= 0.3 is 51.4 Å². The number of hydrogen-bond acceptors (Lipinski definition) is 5. The van der Waals surface area contributed by atoms with Crippen molar-refractivity contribution in [3.8, 4) is 5.75 Å². The van der Waals surface area contributed by atoms with E-state index in [0.717, 1.165) is 12.1 Å². The molecule has 0 aromatic heterocycles. The molecule has 128 valence electrons. The first kappa shape index (κ1) is 21.3. The number of carbonyl (C=O) groups is 1. The molecule has 0 unspecified atom stereocenters. The van der Waals surface area contributed by atoms with Crippen LogP contribution in [0.3, 0.4) is 0 Å². The fourth-order valence-electron chi connectivity index (χ4n) is 2.39. The smallest absolute Gasteiger partial charge is 0.744 e. The average molecular weight is 416 g/mol. The number of aromatic hydroxyl groups is 1. The van der Waals surface area contributed by atoms with Gasteiger partial charge in [0.1, 0.15) is 15.9 Å². The van der Waals surface area contributed by atoms with Gasteiger partial charge in [0.05, 0.1) is 15.5 Å². The molecule has 0 bridgehead atoms. The Balaban J connectivity index is 0.00000243. The summed E-state index contributed by atoms with van der Waals surface area (Å²) in [5, 5.41) is 13.9. The van der Waals surface area contributed by atoms with E-state index >= 15 is 0 Å². The van der Waals surface area contributed by atoms with Crippen molar-refractivity contribution >= 4 is 44.1 Å². The predicted octanol–water partition coefficient (Wildman–Crippen LogP) is 0.359. The van der Waals surface area contributed by atoms with Crippen LogP contribution in [0.15, 0.2) is 59.5 Å². The second-order valence-electron chi connectivity index (χ2n) is 5.24. The average Bonchev–Trinajstić information content (AvgIpc) is 2.57. The number of fused-ring (bicyclic) bond motifs is 1. The topological polar surface area (TPSA) is 107 Å². The number of benzene rings is 3. The van der Waals surface area contributed by atoms with Gasteiger partial charge in [-0.1, -0.05) is 41.9 Å². The quantitative estimate of drug-likeness (QED) is 0.474. The summed E-state index contributed by atoms with van der Waals surface area (Å²) in [6.07, 6.45) is 0. The van der Waals surface area contributed by atoms with Gasteiger partial charge in [-0.05, 0) is 29.7 Å². The molecule has 0 atom stereocenters. The molecule has 3 aromatic rings. The van der Waals surface area contributed by atoms with Gasteiger partial charge in [0.15, 0.2) is 0 Å². The van der Waals surface area contributed by atoms with Crippen molar-refractivity contribution in [2.45, 2.75) is 4.90 Å². The van der Waals surface area contributed by atoms with E-state index < -0.39 is 20.9 Å². The third kappa shape index (κ3) is 4.46. The Morgan fingerprint density at radius 2 is 1.77 bits per heavy atom. The van der Waals surface area contributed by atoms with E-state index in [2.05, 4.69) is 5.32 Å². The van der Waals surface area contributed by atoms with Crippen LogP contribution in [0, 0.1) is 0 Å². The molecule has 0 spiro atoms. The largest absolute Gasteiger partial charge is 1.00 e. The van der Waals surface area contributed by atoms with Gasteiger partial charge < -0.3 is 15.0 Å². The van der Waals surface area contributed by atoms with Crippen molar-refractivity contribution in [2.24, 2.45) is 0 Å². The summed E-state index contributed by atoms with van der Waals surface area (Å²) in [6, 6.07) is 13.4. The van der Waals surface area contributed by atoms with Gasteiger partial charge in [0.2, 0.25) is 0 Å². The van der Waals surface area contributed by atoms with Crippen molar-refractivity contribution in [3.05, 3.63) is 65.2 Å². The maximum absolute atomic E-state index is 12.4. The molecule has 0 fully saturated rings. The Bertz CT molecular complexity index is 1100. The molecule has 9 heteroatoms. The third-order valence-corrected chi connectivity index (χ3v) is 4.80. The minimum Gasteiger partial charge on any atom is -0.744 e. The van der Waals surface area contributed by atoms with Crippen LogP contribution in [0.25, 0.3) is 10.8 Å². The van der Waals surface area contributed by atoms with Crippen molar-refractivity contribution in [1.29, 1.82) is 0 Å². The normalized spacial score (nSPS) is 11.0. The molecule has 3 aromatic carbocycles. The SMILES string of the molecule is O=C(Nc1cccc(S(=O)(=O)[O-])c1)c1cc2ccccc2c(Cl)c1O.[K+]. The number of anilines is 1. The van der Waals surface area contributed by atoms with E-state index in [9.17, 15) is 22.9 Å². The van der Waals surface area contributed by atoms with E-state index in [1.807, 2.05) is 0 Å². The maximum Gasteiger partial charge on any atom is 1.00 e. The van der Waals surface area contributed by atoms with Gasteiger partial charge in [0.25, 0.3) is 5.91 Å². The van der Waals surface area contributed by atoms with Crippen LogP contribution in [-0.2, 0) is 10.1 Å². The molecule has 6 nitrogen and oxygen atoms in total. The molecule has 0 heterocycles. The van der Waals surface area contributed by atoms with Crippen LogP contribution in [0.4, 0.5) is 5.69 Å². The van der Waals surface area contributed by atoms with E-state index in [-0.39, 0.29) is 73.4 Å². The number of nitrogens with one attached hydrogen (secondary N) is 1. The molecule has 1 amide bonds.